The second-order valence-corrected chi connectivity index (χ2v) is 6.74. The van der Waals surface area contributed by atoms with Crippen molar-refractivity contribution < 1.29 is 19.1 Å². The molecule has 2 aliphatic carbocycles. The van der Waals surface area contributed by atoms with Crippen LogP contribution in [0.5, 0.6) is 0 Å². The number of esters is 2. The van der Waals surface area contributed by atoms with Gasteiger partial charge in [0.25, 0.3) is 0 Å². The van der Waals surface area contributed by atoms with Crippen LogP contribution in [-0.4, -0.2) is 26.2 Å². The Bertz CT molecular complexity index is 911. The predicted molar refractivity (Wildman–Crippen MR) is 93.7 cm³/mol. The Morgan fingerprint density at radius 3 is 1.56 bits per heavy atom. The number of ether oxygens (including phenoxy) is 2. The van der Waals surface area contributed by atoms with Gasteiger partial charge in [0.2, 0.25) is 0 Å². The predicted octanol–water partition coefficient (Wildman–Crippen LogP) is 3.92. The molecular formula is C19H12Cl2O4. The van der Waals surface area contributed by atoms with Gasteiger partial charge in [0.1, 0.15) is 0 Å². The maximum Gasteiger partial charge on any atom is 0.335 e. The molecule has 4 rings (SSSR count). The SMILES string of the molecule is COC(=O)C1=C(C(=O)OC)C12c1cc(Cl)ccc1-c1ccc(Cl)cc12. The highest BCUT2D eigenvalue weighted by molar-refractivity contribution is 6.32. The standard InChI is InChI=1S/C19H12Cl2O4/c1-24-17(22)15-16(18(23)25-2)19(15)13-7-9(20)3-5-11(13)12-6-4-10(21)8-14(12)19/h3-8H,1-2H3. The van der Waals surface area contributed by atoms with Gasteiger partial charge in [0.15, 0.2) is 0 Å². The van der Waals surface area contributed by atoms with Crippen LogP contribution >= 0.6 is 23.2 Å². The molecular weight excluding hydrogens is 363 g/mol. The highest BCUT2D eigenvalue weighted by Gasteiger charge is 2.67. The largest absolute Gasteiger partial charge is 0.466 e. The van der Waals surface area contributed by atoms with Crippen LogP contribution in [0.25, 0.3) is 11.1 Å². The maximum atomic E-state index is 12.4. The maximum absolute atomic E-state index is 12.4. The van der Waals surface area contributed by atoms with E-state index in [4.69, 9.17) is 32.7 Å². The third-order valence-electron chi connectivity index (χ3n) is 4.78. The summed E-state index contributed by atoms with van der Waals surface area (Å²) in [6, 6.07) is 10.8. The van der Waals surface area contributed by atoms with Crippen molar-refractivity contribution in [3.63, 3.8) is 0 Å². The summed E-state index contributed by atoms with van der Waals surface area (Å²) in [6.07, 6.45) is 0. The van der Waals surface area contributed by atoms with Crippen molar-refractivity contribution in [3.8, 4) is 11.1 Å². The molecule has 4 nitrogen and oxygen atoms in total. The zero-order valence-corrected chi connectivity index (χ0v) is 14.9. The van der Waals surface area contributed by atoms with Crippen molar-refractivity contribution in [2.24, 2.45) is 0 Å². The molecule has 25 heavy (non-hydrogen) atoms. The highest BCUT2D eigenvalue weighted by atomic mass is 35.5. The lowest BCUT2D eigenvalue weighted by atomic mass is 9.85. The second kappa shape index (κ2) is 5.35. The number of carbonyl (C=O) groups excluding carboxylic acids is 2. The van der Waals surface area contributed by atoms with E-state index in [-0.39, 0.29) is 11.1 Å². The summed E-state index contributed by atoms with van der Waals surface area (Å²) in [5, 5.41) is 1.02. The molecule has 2 aliphatic rings. The van der Waals surface area contributed by atoms with E-state index in [0.717, 1.165) is 22.3 Å². The van der Waals surface area contributed by atoms with E-state index in [1.807, 2.05) is 12.1 Å². The Morgan fingerprint density at radius 2 is 1.20 bits per heavy atom. The molecule has 0 atom stereocenters. The van der Waals surface area contributed by atoms with Gasteiger partial charge in [0, 0.05) is 10.0 Å². The Hall–Kier alpha value is -2.30. The van der Waals surface area contributed by atoms with Gasteiger partial charge in [-0.05, 0) is 46.5 Å². The van der Waals surface area contributed by atoms with Crippen LogP contribution < -0.4 is 0 Å². The number of rotatable bonds is 2. The number of methoxy groups -OCH3 is 2. The molecule has 0 N–H and O–H groups in total. The lowest BCUT2D eigenvalue weighted by molar-refractivity contribution is -0.137. The van der Waals surface area contributed by atoms with E-state index in [2.05, 4.69) is 0 Å². The van der Waals surface area contributed by atoms with E-state index in [1.165, 1.54) is 14.2 Å². The number of hydrogen-bond donors (Lipinski definition) is 0. The van der Waals surface area contributed by atoms with Crippen molar-refractivity contribution in [1.29, 1.82) is 0 Å². The summed E-state index contributed by atoms with van der Waals surface area (Å²) in [4.78, 5) is 24.8. The van der Waals surface area contributed by atoms with Crippen LogP contribution in [0, 0.1) is 0 Å². The third-order valence-corrected chi connectivity index (χ3v) is 5.25. The minimum absolute atomic E-state index is 0.270. The van der Waals surface area contributed by atoms with E-state index in [1.54, 1.807) is 24.3 Å². The quantitative estimate of drug-likeness (QED) is 0.747. The van der Waals surface area contributed by atoms with Gasteiger partial charge >= 0.3 is 11.9 Å². The van der Waals surface area contributed by atoms with Gasteiger partial charge < -0.3 is 9.47 Å². The molecule has 1 spiro atoms. The minimum atomic E-state index is -1.01. The summed E-state index contributed by atoms with van der Waals surface area (Å²) in [6.45, 7) is 0. The molecule has 0 aliphatic heterocycles. The first-order valence-corrected chi connectivity index (χ1v) is 8.24. The second-order valence-electron chi connectivity index (χ2n) is 5.86. The van der Waals surface area contributed by atoms with E-state index < -0.39 is 17.4 Å². The van der Waals surface area contributed by atoms with Gasteiger partial charge in [-0.15, -0.1) is 0 Å². The topological polar surface area (TPSA) is 52.6 Å². The Morgan fingerprint density at radius 1 is 0.800 bits per heavy atom. The van der Waals surface area contributed by atoms with E-state index in [9.17, 15) is 9.59 Å². The monoisotopic (exact) mass is 374 g/mol. The smallest absolute Gasteiger partial charge is 0.335 e. The molecule has 0 amide bonds. The molecule has 0 aromatic heterocycles. The molecule has 0 saturated carbocycles. The number of benzene rings is 2. The molecule has 6 heteroatoms. The van der Waals surface area contributed by atoms with Gasteiger partial charge in [-0.3, -0.25) is 0 Å². The van der Waals surface area contributed by atoms with E-state index >= 15 is 0 Å². The number of carbonyl (C=O) groups is 2. The van der Waals surface area contributed by atoms with Crippen LogP contribution in [0.2, 0.25) is 10.0 Å². The normalized spacial score (nSPS) is 15.7. The Balaban J connectivity index is 2.06. The van der Waals surface area contributed by atoms with Crippen LogP contribution in [-0.2, 0) is 24.5 Å². The molecule has 2 aromatic carbocycles. The van der Waals surface area contributed by atoms with Crippen molar-refractivity contribution in [3.05, 3.63) is 68.7 Å². The third kappa shape index (κ3) is 1.95. The first-order chi connectivity index (χ1) is 12.0. The van der Waals surface area contributed by atoms with Crippen molar-refractivity contribution in [2.45, 2.75) is 5.41 Å². The minimum Gasteiger partial charge on any atom is -0.466 e. The van der Waals surface area contributed by atoms with Gasteiger partial charge in [-0.1, -0.05) is 35.3 Å². The number of fused-ring (bicyclic) bond motifs is 5. The molecule has 0 saturated heterocycles. The summed E-state index contributed by atoms with van der Waals surface area (Å²) in [7, 11) is 2.56. The summed E-state index contributed by atoms with van der Waals surface area (Å²) < 4.78 is 9.81. The van der Waals surface area contributed by atoms with Crippen LogP contribution in [0.1, 0.15) is 11.1 Å². The zero-order chi connectivity index (χ0) is 17.9. The van der Waals surface area contributed by atoms with Gasteiger partial charge in [-0.2, -0.15) is 0 Å². The average Bonchev–Trinajstić information content (AvgIpc) is 3.24. The summed E-state index contributed by atoms with van der Waals surface area (Å²) >= 11 is 12.4. The summed E-state index contributed by atoms with van der Waals surface area (Å²) in [5.41, 5.74) is 2.85. The zero-order valence-electron chi connectivity index (χ0n) is 13.4. The fraction of sp³-hybridized carbons (Fsp3) is 0.158. The van der Waals surface area contributed by atoms with Crippen LogP contribution in [0.3, 0.4) is 0 Å². The lowest BCUT2D eigenvalue weighted by Gasteiger charge is -2.16. The average molecular weight is 375 g/mol. The Labute approximate surface area is 153 Å². The number of hydrogen-bond acceptors (Lipinski definition) is 4. The van der Waals surface area contributed by atoms with Crippen molar-refractivity contribution in [1.82, 2.24) is 0 Å². The fourth-order valence-corrected chi connectivity index (χ4v) is 4.15. The molecule has 0 fully saturated rings. The van der Waals surface area contributed by atoms with Crippen LogP contribution in [0.15, 0.2) is 47.5 Å². The van der Waals surface area contributed by atoms with Crippen molar-refractivity contribution >= 4 is 35.1 Å². The molecule has 126 valence electrons. The van der Waals surface area contributed by atoms with Crippen molar-refractivity contribution in [2.75, 3.05) is 14.2 Å². The number of halogens is 2. The molecule has 0 bridgehead atoms. The fourth-order valence-electron chi connectivity index (χ4n) is 3.80. The first kappa shape index (κ1) is 16.2. The van der Waals surface area contributed by atoms with E-state index in [0.29, 0.717) is 10.0 Å². The molecule has 2 aromatic rings. The highest BCUT2D eigenvalue weighted by Crippen LogP contribution is 2.67. The van der Waals surface area contributed by atoms with Gasteiger partial charge in [0.05, 0.1) is 30.8 Å². The lowest BCUT2D eigenvalue weighted by Crippen LogP contribution is -2.19. The molecule has 0 radical (unpaired) electrons. The van der Waals surface area contributed by atoms with Gasteiger partial charge in [-0.25, -0.2) is 9.59 Å². The molecule has 0 heterocycles. The summed E-state index contributed by atoms with van der Waals surface area (Å²) in [5.74, 6) is -1.14. The molecule has 0 unspecified atom stereocenters. The first-order valence-electron chi connectivity index (χ1n) is 7.49. The van der Waals surface area contributed by atoms with Crippen LogP contribution in [0.4, 0.5) is 0 Å². The Kier molecular flexibility index (Phi) is 3.46.